The summed E-state index contributed by atoms with van der Waals surface area (Å²) in [7, 11) is 2.47. The molecule has 7 heteroatoms. The minimum atomic E-state index is -0.111. The van der Waals surface area contributed by atoms with Gasteiger partial charge in [-0.25, -0.2) is 0 Å². The number of hydrogen-bond donors (Lipinski definition) is 0. The van der Waals surface area contributed by atoms with Gasteiger partial charge in [0.2, 0.25) is 0 Å². The summed E-state index contributed by atoms with van der Waals surface area (Å²) < 4.78 is 13.5. The van der Waals surface area contributed by atoms with Crippen LogP contribution in [0.25, 0.3) is 0 Å². The van der Waals surface area contributed by atoms with Crippen LogP contribution in [0.4, 0.5) is 0 Å². The molecular weight excluding hydrogens is 580 g/mol. The first-order valence-electron chi connectivity index (χ1n) is 17.0. The van der Waals surface area contributed by atoms with Crippen molar-refractivity contribution < 1.29 is 23.5 Å². The molecule has 0 unspecified atom stereocenters. The number of esters is 2. The number of ether oxygens (including phenoxy) is 2. The SMILES string of the molecule is Br.CC(=O)O[C@H]1C[C@@H]2CC[C@@H]3[C@H](CC[C@@]4(C)[C@H]3C[C@H]([N+]3(C)CCCCC3)[C@@H]4OC(C)=O)[C@@]2(C)C[C@@H]1N1CCCCC1. The fourth-order valence-corrected chi connectivity index (χ4v) is 11.7. The summed E-state index contributed by atoms with van der Waals surface area (Å²) in [6, 6.07) is 0.796. The third kappa shape index (κ3) is 5.56. The van der Waals surface area contributed by atoms with E-state index in [1.165, 1.54) is 90.1 Å². The minimum Gasteiger partial charge on any atom is -0.461 e. The van der Waals surface area contributed by atoms with Gasteiger partial charge < -0.3 is 14.0 Å². The molecule has 0 aromatic rings. The summed E-state index contributed by atoms with van der Waals surface area (Å²) in [6.07, 6.45) is 16.3. The van der Waals surface area contributed by atoms with Gasteiger partial charge in [0.15, 0.2) is 6.10 Å². The Bertz CT molecular complexity index is 964. The van der Waals surface area contributed by atoms with Crippen LogP contribution in [0.15, 0.2) is 0 Å². The molecule has 0 aromatic heterocycles. The number of likely N-dealkylation sites (N-methyl/N-ethyl adjacent to an activating group) is 1. The summed E-state index contributed by atoms with van der Waals surface area (Å²) in [5, 5.41) is 0. The van der Waals surface area contributed by atoms with E-state index in [-0.39, 0.29) is 46.5 Å². The molecule has 0 aromatic carbocycles. The van der Waals surface area contributed by atoms with Crippen LogP contribution in [-0.4, -0.2) is 78.8 Å². The first-order chi connectivity index (χ1) is 19.0. The number of carbonyl (C=O) groups is 2. The number of carbonyl (C=O) groups excluding carboxylic acids is 2. The van der Waals surface area contributed by atoms with Crippen LogP contribution >= 0.6 is 17.0 Å². The topological polar surface area (TPSA) is 55.8 Å². The van der Waals surface area contributed by atoms with Crippen molar-refractivity contribution in [1.82, 2.24) is 4.90 Å². The zero-order valence-electron chi connectivity index (χ0n) is 26.6. The van der Waals surface area contributed by atoms with E-state index in [1.54, 1.807) is 13.8 Å². The Hall–Kier alpha value is -0.660. The molecule has 2 heterocycles. The molecule has 4 saturated carbocycles. The van der Waals surface area contributed by atoms with Gasteiger partial charge in [-0.2, -0.15) is 0 Å². The molecule has 6 rings (SSSR count). The quantitative estimate of drug-likeness (QED) is 0.259. The first kappa shape index (κ1) is 31.8. The molecule has 0 bridgehead atoms. The van der Waals surface area contributed by atoms with Crippen molar-refractivity contribution in [1.29, 1.82) is 0 Å². The largest absolute Gasteiger partial charge is 0.461 e. The molecule has 0 N–H and O–H groups in total. The maximum Gasteiger partial charge on any atom is 0.303 e. The number of fused-ring (bicyclic) bond motifs is 5. The van der Waals surface area contributed by atoms with E-state index in [9.17, 15) is 9.59 Å². The monoisotopic (exact) mass is 637 g/mol. The third-order valence-corrected chi connectivity index (χ3v) is 13.7. The Kier molecular flexibility index (Phi) is 9.32. The zero-order chi connectivity index (χ0) is 28.3. The number of quaternary nitrogens is 1. The van der Waals surface area contributed by atoms with E-state index < -0.39 is 0 Å². The van der Waals surface area contributed by atoms with Crippen molar-refractivity contribution in [3.63, 3.8) is 0 Å². The third-order valence-electron chi connectivity index (χ3n) is 13.7. The first-order valence-corrected chi connectivity index (χ1v) is 17.0. The Balaban J connectivity index is 0.00000337. The smallest absolute Gasteiger partial charge is 0.303 e. The molecule has 41 heavy (non-hydrogen) atoms. The second kappa shape index (κ2) is 12.0. The molecule has 0 radical (unpaired) electrons. The van der Waals surface area contributed by atoms with Gasteiger partial charge in [0, 0.05) is 31.7 Å². The number of piperidine rings is 2. The Labute approximate surface area is 260 Å². The van der Waals surface area contributed by atoms with Gasteiger partial charge in [0.05, 0.1) is 20.1 Å². The highest BCUT2D eigenvalue weighted by molar-refractivity contribution is 8.93. The van der Waals surface area contributed by atoms with Gasteiger partial charge in [0.1, 0.15) is 12.1 Å². The van der Waals surface area contributed by atoms with Crippen LogP contribution in [-0.2, 0) is 19.1 Å². The van der Waals surface area contributed by atoms with Crippen molar-refractivity contribution >= 4 is 28.9 Å². The van der Waals surface area contributed by atoms with Gasteiger partial charge in [0.25, 0.3) is 0 Å². The van der Waals surface area contributed by atoms with E-state index in [4.69, 9.17) is 9.47 Å². The van der Waals surface area contributed by atoms with Crippen LogP contribution in [0.1, 0.15) is 111 Å². The van der Waals surface area contributed by atoms with Crippen molar-refractivity contribution in [2.24, 2.45) is 34.5 Å². The maximum atomic E-state index is 12.5. The van der Waals surface area contributed by atoms with E-state index >= 15 is 0 Å². The average molecular weight is 639 g/mol. The Morgan fingerprint density at radius 3 is 2.12 bits per heavy atom. The highest BCUT2D eigenvalue weighted by atomic mass is 79.9. The second-order valence-corrected chi connectivity index (χ2v) is 15.8. The number of rotatable bonds is 4. The second-order valence-electron chi connectivity index (χ2n) is 15.8. The van der Waals surface area contributed by atoms with Crippen LogP contribution in [0.3, 0.4) is 0 Å². The van der Waals surface area contributed by atoms with Crippen molar-refractivity contribution in [2.75, 3.05) is 33.2 Å². The summed E-state index contributed by atoms with van der Waals surface area (Å²) in [4.78, 5) is 27.4. The van der Waals surface area contributed by atoms with Crippen LogP contribution in [0, 0.1) is 34.5 Å². The molecule has 0 amide bonds. The van der Waals surface area contributed by atoms with Gasteiger partial charge in [-0.3, -0.25) is 14.5 Å². The van der Waals surface area contributed by atoms with E-state index in [0.29, 0.717) is 35.3 Å². The summed E-state index contributed by atoms with van der Waals surface area (Å²) in [6.45, 7) is 13.1. The Morgan fingerprint density at radius 2 is 1.46 bits per heavy atom. The highest BCUT2D eigenvalue weighted by Crippen LogP contribution is 2.67. The van der Waals surface area contributed by atoms with Crippen molar-refractivity contribution in [3.05, 3.63) is 0 Å². The average Bonchev–Trinajstić information content (AvgIpc) is 3.21. The predicted octanol–water partition coefficient (Wildman–Crippen LogP) is 6.54. The Morgan fingerprint density at radius 1 is 0.805 bits per heavy atom. The normalized spacial score (nSPS) is 45.8. The van der Waals surface area contributed by atoms with Crippen molar-refractivity contribution in [2.45, 2.75) is 135 Å². The van der Waals surface area contributed by atoms with Gasteiger partial charge in [-0.15, -0.1) is 17.0 Å². The number of hydrogen-bond acceptors (Lipinski definition) is 5. The van der Waals surface area contributed by atoms with Gasteiger partial charge in [-0.1, -0.05) is 20.3 Å². The molecule has 6 aliphatic rings. The minimum absolute atomic E-state index is 0. The molecule has 6 fully saturated rings. The standard InChI is InChI=1S/C34H57N2O4.BrH/c1-23(37)39-31-20-25-12-13-26-27(34(25,4)22-29(31)35-16-8-6-9-17-35)14-15-33(3)28(26)21-30(32(33)40-24(2)38)36(5)18-10-7-11-19-36;/h25-32H,6-22H2,1-5H3;1H/q+1;/t25-,26+,27-,28-,29-,30-,31-,32-,33-,34-;/m0./s1. The van der Waals surface area contributed by atoms with Crippen LogP contribution in [0.2, 0.25) is 0 Å². The lowest BCUT2D eigenvalue weighted by Gasteiger charge is -2.62. The molecular formula is C34H58BrN2O4+. The number of likely N-dealkylation sites (tertiary alicyclic amines) is 2. The molecule has 0 spiro atoms. The lowest BCUT2D eigenvalue weighted by Crippen LogP contribution is -2.61. The highest BCUT2D eigenvalue weighted by Gasteiger charge is 2.67. The molecule has 10 atom stereocenters. The lowest BCUT2D eigenvalue weighted by atomic mass is 9.44. The molecule has 2 aliphatic heterocycles. The fraction of sp³-hybridized carbons (Fsp3) is 0.941. The van der Waals surface area contributed by atoms with Crippen LogP contribution < -0.4 is 0 Å². The van der Waals surface area contributed by atoms with E-state index in [1.807, 2.05) is 0 Å². The zero-order valence-corrected chi connectivity index (χ0v) is 28.3. The summed E-state index contributed by atoms with van der Waals surface area (Å²) in [5.74, 6) is 2.50. The predicted molar refractivity (Wildman–Crippen MR) is 167 cm³/mol. The van der Waals surface area contributed by atoms with E-state index in [0.717, 1.165) is 29.9 Å². The fourth-order valence-electron chi connectivity index (χ4n) is 11.7. The molecule has 6 nitrogen and oxygen atoms in total. The van der Waals surface area contributed by atoms with Crippen molar-refractivity contribution in [3.8, 4) is 0 Å². The maximum absolute atomic E-state index is 12.5. The summed E-state index contributed by atoms with van der Waals surface area (Å²) >= 11 is 0. The van der Waals surface area contributed by atoms with Gasteiger partial charge >= 0.3 is 11.9 Å². The molecule has 4 aliphatic carbocycles. The number of nitrogens with zero attached hydrogens (tertiary/aromatic N) is 2. The summed E-state index contributed by atoms with van der Waals surface area (Å²) in [5.41, 5.74) is 0.377. The number of halogens is 1. The molecule has 2 saturated heterocycles. The lowest BCUT2D eigenvalue weighted by molar-refractivity contribution is -0.940. The van der Waals surface area contributed by atoms with Crippen LogP contribution in [0.5, 0.6) is 0 Å². The molecule has 234 valence electrons. The van der Waals surface area contributed by atoms with Gasteiger partial charge in [-0.05, 0) is 113 Å². The van der Waals surface area contributed by atoms with E-state index in [2.05, 4.69) is 25.8 Å².